The van der Waals surface area contributed by atoms with Crippen LogP contribution < -0.4 is 0 Å². The highest BCUT2D eigenvalue weighted by molar-refractivity contribution is 8.14. The van der Waals surface area contributed by atoms with Crippen LogP contribution in [0.5, 0.6) is 0 Å². The summed E-state index contributed by atoms with van der Waals surface area (Å²) in [4.78, 5) is 14.5. The molecule has 0 aromatic rings. The second-order valence-corrected chi connectivity index (χ2v) is 4.70. The molecule has 1 amide bonds. The van der Waals surface area contributed by atoms with Gasteiger partial charge in [-0.3, -0.25) is 0 Å². The Labute approximate surface area is 87.1 Å². The molecule has 0 saturated heterocycles. The van der Waals surface area contributed by atoms with E-state index >= 15 is 0 Å². The summed E-state index contributed by atoms with van der Waals surface area (Å²) in [6.07, 6.45) is 3.54. The van der Waals surface area contributed by atoms with Crippen molar-refractivity contribution in [2.75, 3.05) is 6.61 Å². The zero-order valence-electron chi connectivity index (χ0n) is 8.12. The van der Waals surface area contributed by atoms with Gasteiger partial charge in [0.1, 0.15) is 0 Å². The Morgan fingerprint density at radius 3 is 2.93 bits per heavy atom. The largest absolute Gasteiger partial charge is 0.473 e. The Morgan fingerprint density at radius 2 is 2.29 bits per heavy atom. The third kappa shape index (κ3) is 1.87. The van der Waals surface area contributed by atoms with Crippen LogP contribution in [0, 0.1) is 0 Å². The highest BCUT2D eigenvalue weighted by atomic mass is 32.2. The van der Waals surface area contributed by atoms with E-state index in [0.717, 1.165) is 25.7 Å². The van der Waals surface area contributed by atoms with Gasteiger partial charge in [-0.05, 0) is 44.4 Å². The van der Waals surface area contributed by atoms with Crippen LogP contribution in [-0.4, -0.2) is 22.9 Å². The van der Waals surface area contributed by atoms with E-state index < -0.39 is 6.09 Å². The minimum atomic E-state index is -0.505. The standard InChI is InChI=1S/C9H13NO3S/c1-2-12-8-10-7(11)13-9(14-8)5-3-4-6-9/h2-6H2,1H3. The van der Waals surface area contributed by atoms with Crippen molar-refractivity contribution in [2.45, 2.75) is 37.5 Å². The summed E-state index contributed by atoms with van der Waals surface area (Å²) in [6.45, 7) is 2.42. The molecule has 1 saturated carbocycles. The van der Waals surface area contributed by atoms with Gasteiger partial charge in [-0.2, -0.15) is 0 Å². The third-order valence-corrected chi connectivity index (χ3v) is 3.61. The summed E-state index contributed by atoms with van der Waals surface area (Å²) in [5, 5.41) is 0.464. The normalized spacial score (nSPS) is 24.6. The zero-order chi connectivity index (χ0) is 10.0. The van der Waals surface area contributed by atoms with Gasteiger partial charge >= 0.3 is 6.09 Å². The Balaban J connectivity index is 2.11. The highest BCUT2D eigenvalue weighted by Gasteiger charge is 2.43. The van der Waals surface area contributed by atoms with E-state index in [0.29, 0.717) is 11.8 Å². The first-order valence-electron chi connectivity index (χ1n) is 4.87. The molecule has 0 bridgehead atoms. The fourth-order valence-electron chi connectivity index (χ4n) is 1.76. The maximum Gasteiger partial charge on any atom is 0.438 e. The smallest absolute Gasteiger partial charge is 0.438 e. The van der Waals surface area contributed by atoms with Crippen LogP contribution in [0.1, 0.15) is 32.6 Å². The Bertz CT molecular complexity index is 271. The number of aliphatic imine (C=N–C) groups is 1. The number of carbonyl (C=O) groups excluding carboxylic acids is 1. The Hall–Kier alpha value is -0.710. The summed E-state index contributed by atoms with van der Waals surface area (Å²) >= 11 is 1.45. The number of amides is 1. The SMILES string of the molecule is CCOC1=NC(=O)OC2(CCCC2)S1. The fourth-order valence-corrected chi connectivity index (χ4v) is 2.98. The van der Waals surface area contributed by atoms with E-state index in [1.165, 1.54) is 11.8 Å². The van der Waals surface area contributed by atoms with Gasteiger partial charge in [-0.1, -0.05) is 0 Å². The molecule has 2 rings (SSSR count). The third-order valence-electron chi connectivity index (χ3n) is 2.36. The highest BCUT2D eigenvalue weighted by Crippen LogP contribution is 2.45. The van der Waals surface area contributed by atoms with Crippen molar-refractivity contribution in [3.63, 3.8) is 0 Å². The summed E-state index contributed by atoms with van der Waals surface area (Å²) < 4.78 is 10.5. The quantitative estimate of drug-likeness (QED) is 0.674. The maximum absolute atomic E-state index is 11.2. The molecule has 2 aliphatic rings. The first kappa shape index (κ1) is 9.83. The molecule has 1 fully saturated rings. The van der Waals surface area contributed by atoms with Crippen LogP contribution in [0.4, 0.5) is 4.79 Å². The van der Waals surface area contributed by atoms with E-state index in [2.05, 4.69) is 4.99 Å². The number of hydrogen-bond donors (Lipinski definition) is 0. The molecule has 4 nitrogen and oxygen atoms in total. The molecular formula is C9H13NO3S. The van der Waals surface area contributed by atoms with Crippen molar-refractivity contribution in [3.8, 4) is 0 Å². The van der Waals surface area contributed by atoms with Gasteiger partial charge in [0.2, 0.25) is 0 Å². The lowest BCUT2D eigenvalue weighted by atomic mass is 10.3. The molecule has 1 heterocycles. The molecule has 78 valence electrons. The monoisotopic (exact) mass is 215 g/mol. The maximum atomic E-state index is 11.2. The lowest BCUT2D eigenvalue weighted by Crippen LogP contribution is -2.33. The lowest BCUT2D eigenvalue weighted by Gasteiger charge is -2.30. The van der Waals surface area contributed by atoms with E-state index in [1.807, 2.05) is 6.92 Å². The van der Waals surface area contributed by atoms with E-state index in [-0.39, 0.29) is 4.93 Å². The van der Waals surface area contributed by atoms with Gasteiger partial charge < -0.3 is 9.47 Å². The van der Waals surface area contributed by atoms with Crippen LogP contribution in [-0.2, 0) is 9.47 Å². The number of ether oxygens (including phenoxy) is 2. The molecule has 1 aliphatic carbocycles. The molecule has 1 spiro atoms. The predicted molar refractivity (Wildman–Crippen MR) is 54.3 cm³/mol. The summed E-state index contributed by atoms with van der Waals surface area (Å²) in [5.74, 6) is 0. The minimum absolute atomic E-state index is 0.372. The number of carbonyl (C=O) groups is 1. The number of hydrogen-bond acceptors (Lipinski definition) is 4. The van der Waals surface area contributed by atoms with Gasteiger partial charge in [0.05, 0.1) is 6.61 Å². The topological polar surface area (TPSA) is 47.9 Å². The molecule has 0 radical (unpaired) electrons. The fraction of sp³-hybridized carbons (Fsp3) is 0.778. The molecule has 1 aliphatic heterocycles. The second kappa shape index (κ2) is 3.81. The van der Waals surface area contributed by atoms with E-state index in [4.69, 9.17) is 9.47 Å². The van der Waals surface area contributed by atoms with E-state index in [9.17, 15) is 4.79 Å². The Morgan fingerprint density at radius 1 is 1.57 bits per heavy atom. The number of thioether (sulfide) groups is 1. The van der Waals surface area contributed by atoms with Crippen molar-refractivity contribution in [3.05, 3.63) is 0 Å². The van der Waals surface area contributed by atoms with Gasteiger partial charge in [0.15, 0.2) is 4.93 Å². The van der Waals surface area contributed by atoms with E-state index in [1.54, 1.807) is 0 Å². The van der Waals surface area contributed by atoms with Gasteiger partial charge in [0, 0.05) is 0 Å². The molecule has 5 heteroatoms. The van der Waals surface area contributed by atoms with Crippen LogP contribution in [0.2, 0.25) is 0 Å². The van der Waals surface area contributed by atoms with Crippen molar-refractivity contribution in [1.29, 1.82) is 0 Å². The van der Waals surface area contributed by atoms with Crippen LogP contribution >= 0.6 is 11.8 Å². The molecule has 0 atom stereocenters. The minimum Gasteiger partial charge on any atom is -0.473 e. The number of rotatable bonds is 1. The zero-order valence-corrected chi connectivity index (χ0v) is 8.93. The molecule has 0 N–H and O–H groups in total. The second-order valence-electron chi connectivity index (χ2n) is 3.40. The Kier molecular flexibility index (Phi) is 2.67. The molecular weight excluding hydrogens is 202 g/mol. The van der Waals surface area contributed by atoms with Gasteiger partial charge in [0.25, 0.3) is 5.23 Å². The summed E-state index contributed by atoms with van der Waals surface area (Å²) in [6, 6.07) is 0. The average molecular weight is 215 g/mol. The lowest BCUT2D eigenvalue weighted by molar-refractivity contribution is 0.0863. The molecule has 0 unspecified atom stereocenters. The van der Waals surface area contributed by atoms with Crippen LogP contribution in [0.3, 0.4) is 0 Å². The number of nitrogens with zero attached hydrogens (tertiary/aromatic N) is 1. The first-order valence-corrected chi connectivity index (χ1v) is 5.69. The van der Waals surface area contributed by atoms with Gasteiger partial charge in [-0.15, -0.1) is 4.99 Å². The summed E-state index contributed by atoms with van der Waals surface area (Å²) in [5.41, 5.74) is 0. The van der Waals surface area contributed by atoms with Crippen LogP contribution in [0.15, 0.2) is 4.99 Å². The van der Waals surface area contributed by atoms with Gasteiger partial charge in [-0.25, -0.2) is 4.79 Å². The van der Waals surface area contributed by atoms with Crippen molar-refractivity contribution < 1.29 is 14.3 Å². The molecule has 14 heavy (non-hydrogen) atoms. The van der Waals surface area contributed by atoms with Crippen molar-refractivity contribution in [1.82, 2.24) is 0 Å². The predicted octanol–water partition coefficient (Wildman–Crippen LogP) is 2.53. The first-order chi connectivity index (χ1) is 6.74. The van der Waals surface area contributed by atoms with Crippen LogP contribution in [0.25, 0.3) is 0 Å². The average Bonchev–Trinajstić information content (AvgIpc) is 2.52. The summed E-state index contributed by atoms with van der Waals surface area (Å²) in [7, 11) is 0. The molecule has 0 aromatic heterocycles. The molecule has 0 aromatic carbocycles. The van der Waals surface area contributed by atoms with Crippen molar-refractivity contribution in [2.24, 2.45) is 4.99 Å². The van der Waals surface area contributed by atoms with Crippen molar-refractivity contribution >= 4 is 23.1 Å².